The summed E-state index contributed by atoms with van der Waals surface area (Å²) in [4.78, 5) is 12.0. The van der Waals surface area contributed by atoms with Crippen LogP contribution in [0.25, 0.3) is 0 Å². The fourth-order valence-electron chi connectivity index (χ4n) is 1.65. The molecule has 1 aromatic carbocycles. The van der Waals surface area contributed by atoms with Crippen LogP contribution in [0.4, 0.5) is 5.69 Å². The number of nitrogen functional groups attached to an aromatic ring is 1. The van der Waals surface area contributed by atoms with E-state index >= 15 is 0 Å². The number of methoxy groups -OCH3 is 3. The van der Waals surface area contributed by atoms with Crippen molar-refractivity contribution >= 4 is 11.7 Å². The van der Waals surface area contributed by atoms with Crippen LogP contribution < -0.4 is 15.2 Å². The molecule has 20 heavy (non-hydrogen) atoms. The number of anilines is 1. The van der Waals surface area contributed by atoms with E-state index in [1.807, 2.05) is 0 Å². The maximum atomic E-state index is 12.0. The minimum absolute atomic E-state index is 0.243. The first-order valence-corrected chi connectivity index (χ1v) is 6.31. The first-order valence-electron chi connectivity index (χ1n) is 6.31. The Labute approximate surface area is 118 Å². The number of ether oxygens (including phenoxy) is 4. The fraction of sp³-hybridized carbons (Fsp3) is 0.500. The van der Waals surface area contributed by atoms with Crippen molar-refractivity contribution < 1.29 is 23.7 Å². The van der Waals surface area contributed by atoms with E-state index in [9.17, 15) is 4.79 Å². The van der Waals surface area contributed by atoms with Crippen molar-refractivity contribution in [3.8, 4) is 11.5 Å². The molecular weight excluding hydrogens is 262 g/mol. The number of carbonyl (C=O) groups is 1. The highest BCUT2D eigenvalue weighted by Crippen LogP contribution is 2.31. The molecule has 0 amide bonds. The van der Waals surface area contributed by atoms with E-state index in [1.165, 1.54) is 20.3 Å². The average Bonchev–Trinajstić information content (AvgIpc) is 2.47. The molecule has 0 fully saturated rings. The van der Waals surface area contributed by atoms with Crippen LogP contribution in [0.3, 0.4) is 0 Å². The van der Waals surface area contributed by atoms with Crippen LogP contribution in [0.15, 0.2) is 12.1 Å². The molecule has 0 saturated carbocycles. The van der Waals surface area contributed by atoms with Crippen LogP contribution in [0.5, 0.6) is 11.5 Å². The summed E-state index contributed by atoms with van der Waals surface area (Å²) in [7, 11) is 4.62. The van der Waals surface area contributed by atoms with Gasteiger partial charge in [0.15, 0.2) is 0 Å². The maximum absolute atomic E-state index is 12.0. The lowest BCUT2D eigenvalue weighted by atomic mass is 10.1. The summed E-state index contributed by atoms with van der Waals surface area (Å²) in [6.07, 6.45) is 1.57. The van der Waals surface area contributed by atoms with Gasteiger partial charge < -0.3 is 24.7 Å². The van der Waals surface area contributed by atoms with Gasteiger partial charge in [0, 0.05) is 19.8 Å². The standard InChI is InChI=1S/C14H21NO5/c1-17-6-4-5-7-20-14(16)11-8-10(18-2)9-12(19-3)13(11)15/h8-9H,4-7,15H2,1-3H3. The Morgan fingerprint density at radius 1 is 1.10 bits per heavy atom. The van der Waals surface area contributed by atoms with Gasteiger partial charge in [-0.2, -0.15) is 0 Å². The van der Waals surface area contributed by atoms with Crippen LogP contribution in [0.1, 0.15) is 23.2 Å². The fourth-order valence-corrected chi connectivity index (χ4v) is 1.65. The van der Waals surface area contributed by atoms with Crippen LogP contribution >= 0.6 is 0 Å². The lowest BCUT2D eigenvalue weighted by molar-refractivity contribution is 0.0489. The minimum Gasteiger partial charge on any atom is -0.497 e. The van der Waals surface area contributed by atoms with Crippen molar-refractivity contribution in [2.45, 2.75) is 12.8 Å². The van der Waals surface area contributed by atoms with E-state index in [4.69, 9.17) is 24.7 Å². The van der Waals surface area contributed by atoms with Crippen molar-refractivity contribution in [1.82, 2.24) is 0 Å². The monoisotopic (exact) mass is 283 g/mol. The van der Waals surface area contributed by atoms with Gasteiger partial charge in [0.2, 0.25) is 0 Å². The molecule has 0 atom stereocenters. The summed E-state index contributed by atoms with van der Waals surface area (Å²) in [6, 6.07) is 3.15. The highest BCUT2D eigenvalue weighted by Gasteiger charge is 2.17. The van der Waals surface area contributed by atoms with Crippen LogP contribution in [-0.4, -0.2) is 40.5 Å². The molecule has 112 valence electrons. The number of rotatable bonds is 8. The third kappa shape index (κ3) is 4.31. The lowest BCUT2D eigenvalue weighted by Gasteiger charge is -2.12. The molecule has 0 aliphatic rings. The molecule has 1 aromatic rings. The molecule has 0 spiro atoms. The van der Waals surface area contributed by atoms with Crippen LogP contribution in [0, 0.1) is 0 Å². The summed E-state index contributed by atoms with van der Waals surface area (Å²) >= 11 is 0. The summed E-state index contributed by atoms with van der Waals surface area (Å²) in [6.45, 7) is 0.966. The summed E-state index contributed by atoms with van der Waals surface area (Å²) in [5.74, 6) is 0.384. The second-order valence-corrected chi connectivity index (χ2v) is 4.13. The van der Waals surface area contributed by atoms with Gasteiger partial charge in [-0.3, -0.25) is 0 Å². The summed E-state index contributed by atoms with van der Waals surface area (Å²) < 4.78 is 20.3. The SMILES string of the molecule is COCCCCOC(=O)c1cc(OC)cc(OC)c1N. The van der Waals surface area contributed by atoms with Gasteiger partial charge >= 0.3 is 5.97 Å². The smallest absolute Gasteiger partial charge is 0.340 e. The zero-order valence-electron chi connectivity index (χ0n) is 12.1. The molecule has 0 aliphatic heterocycles. The molecule has 2 N–H and O–H groups in total. The Morgan fingerprint density at radius 2 is 1.80 bits per heavy atom. The molecule has 0 saturated heterocycles. The van der Waals surface area contributed by atoms with Gasteiger partial charge in [0.05, 0.1) is 32.1 Å². The predicted octanol–water partition coefficient (Wildman–Crippen LogP) is 1.87. The van der Waals surface area contributed by atoms with Gasteiger partial charge in [-0.1, -0.05) is 0 Å². The Hall–Kier alpha value is -1.95. The number of carbonyl (C=O) groups excluding carboxylic acids is 1. The third-order valence-corrected chi connectivity index (χ3v) is 2.77. The zero-order valence-corrected chi connectivity index (χ0v) is 12.1. The quantitative estimate of drug-likeness (QED) is 0.445. The topological polar surface area (TPSA) is 80.0 Å². The molecule has 0 bridgehead atoms. The van der Waals surface area contributed by atoms with E-state index < -0.39 is 5.97 Å². The van der Waals surface area contributed by atoms with E-state index in [1.54, 1.807) is 13.2 Å². The van der Waals surface area contributed by atoms with E-state index in [0.29, 0.717) is 24.7 Å². The highest BCUT2D eigenvalue weighted by atomic mass is 16.5. The third-order valence-electron chi connectivity index (χ3n) is 2.77. The van der Waals surface area contributed by atoms with Crippen LogP contribution in [0.2, 0.25) is 0 Å². The predicted molar refractivity (Wildman–Crippen MR) is 75.4 cm³/mol. The normalized spacial score (nSPS) is 10.2. The van der Waals surface area contributed by atoms with Gasteiger partial charge in [0.25, 0.3) is 0 Å². The van der Waals surface area contributed by atoms with Crippen molar-refractivity contribution in [3.63, 3.8) is 0 Å². The Kier molecular flexibility index (Phi) is 6.66. The van der Waals surface area contributed by atoms with Crippen molar-refractivity contribution in [1.29, 1.82) is 0 Å². The summed E-state index contributed by atoms with van der Waals surface area (Å²) in [5, 5.41) is 0. The number of hydrogen-bond donors (Lipinski definition) is 1. The molecule has 0 unspecified atom stereocenters. The molecule has 0 heterocycles. The van der Waals surface area contributed by atoms with E-state index in [2.05, 4.69) is 0 Å². The highest BCUT2D eigenvalue weighted by molar-refractivity contribution is 5.97. The van der Waals surface area contributed by atoms with Gasteiger partial charge in [-0.05, 0) is 18.9 Å². The number of unbranched alkanes of at least 4 members (excludes halogenated alkanes) is 1. The molecule has 0 radical (unpaired) electrons. The number of hydrogen-bond acceptors (Lipinski definition) is 6. The second kappa shape index (κ2) is 8.27. The van der Waals surface area contributed by atoms with Crippen molar-refractivity contribution in [2.24, 2.45) is 0 Å². The van der Waals surface area contributed by atoms with Crippen molar-refractivity contribution in [2.75, 3.05) is 40.3 Å². The average molecular weight is 283 g/mol. The van der Waals surface area contributed by atoms with Gasteiger partial charge in [-0.25, -0.2) is 4.79 Å². The van der Waals surface area contributed by atoms with E-state index in [-0.39, 0.29) is 11.3 Å². The first kappa shape index (κ1) is 16.1. The largest absolute Gasteiger partial charge is 0.497 e. The first-order chi connectivity index (χ1) is 9.63. The number of benzene rings is 1. The van der Waals surface area contributed by atoms with Gasteiger partial charge in [0.1, 0.15) is 11.5 Å². The van der Waals surface area contributed by atoms with Gasteiger partial charge in [-0.15, -0.1) is 0 Å². The Morgan fingerprint density at radius 3 is 2.40 bits per heavy atom. The molecule has 0 aromatic heterocycles. The molecular formula is C14H21NO5. The molecule has 1 rings (SSSR count). The molecule has 6 heteroatoms. The van der Waals surface area contributed by atoms with Crippen molar-refractivity contribution in [3.05, 3.63) is 17.7 Å². The second-order valence-electron chi connectivity index (χ2n) is 4.13. The minimum atomic E-state index is -0.489. The number of esters is 1. The number of nitrogens with two attached hydrogens (primary N) is 1. The lowest BCUT2D eigenvalue weighted by Crippen LogP contribution is -2.11. The maximum Gasteiger partial charge on any atom is 0.340 e. The molecule has 6 nitrogen and oxygen atoms in total. The van der Waals surface area contributed by atoms with E-state index in [0.717, 1.165) is 12.8 Å². The zero-order chi connectivity index (χ0) is 15.0. The Bertz CT molecular complexity index is 447. The Balaban J connectivity index is 2.71. The summed E-state index contributed by atoms with van der Waals surface area (Å²) in [5.41, 5.74) is 6.36. The van der Waals surface area contributed by atoms with Crippen LogP contribution in [-0.2, 0) is 9.47 Å². The molecule has 0 aliphatic carbocycles.